The Bertz CT molecular complexity index is 775. The van der Waals surface area contributed by atoms with Crippen LogP contribution in [-0.2, 0) is 14.8 Å². The van der Waals surface area contributed by atoms with Gasteiger partial charge in [0.2, 0.25) is 10.0 Å². The Morgan fingerprint density at radius 3 is 2.60 bits per heavy atom. The van der Waals surface area contributed by atoms with Crippen LogP contribution in [0.3, 0.4) is 0 Å². The van der Waals surface area contributed by atoms with E-state index < -0.39 is 27.9 Å². The first kappa shape index (κ1) is 19.2. The number of benzene rings is 1. The van der Waals surface area contributed by atoms with Crippen LogP contribution in [0.25, 0.3) is 0 Å². The number of rotatable bonds is 6. The second kappa shape index (κ2) is 7.40. The zero-order valence-electron chi connectivity index (χ0n) is 14.4. The van der Waals surface area contributed by atoms with Gasteiger partial charge in [-0.1, -0.05) is 0 Å². The number of carboxylic acids is 1. The summed E-state index contributed by atoms with van der Waals surface area (Å²) in [7, 11) is -2.53. The molecule has 138 valence electrons. The summed E-state index contributed by atoms with van der Waals surface area (Å²) in [6.07, 6.45) is 0.982. The average molecular weight is 370 g/mol. The van der Waals surface area contributed by atoms with E-state index in [2.05, 4.69) is 4.72 Å². The smallest absolute Gasteiger partial charge is 0.326 e. The standard InChI is InChI=1S/C16H22N2O6S/c1-10(2)17-25(22,23)14-9-11(6-7-13(14)24-3)15(19)18-8-4-5-12(18)16(20)21/h6-7,9-10,12,17H,4-5,8H2,1-3H3,(H,20,21)/t12-/m1/s1. The van der Waals surface area contributed by atoms with Gasteiger partial charge >= 0.3 is 5.97 Å². The highest BCUT2D eigenvalue weighted by atomic mass is 32.2. The molecule has 8 nitrogen and oxygen atoms in total. The van der Waals surface area contributed by atoms with Crippen molar-refractivity contribution < 1.29 is 27.9 Å². The summed E-state index contributed by atoms with van der Waals surface area (Å²) in [6.45, 7) is 3.69. The molecule has 25 heavy (non-hydrogen) atoms. The van der Waals surface area contributed by atoms with Crippen molar-refractivity contribution >= 4 is 21.9 Å². The average Bonchev–Trinajstić information content (AvgIpc) is 3.02. The maximum absolute atomic E-state index is 12.7. The number of sulfonamides is 1. The van der Waals surface area contributed by atoms with Crippen LogP contribution in [0.4, 0.5) is 0 Å². The highest BCUT2D eigenvalue weighted by molar-refractivity contribution is 7.89. The van der Waals surface area contributed by atoms with E-state index in [0.717, 1.165) is 0 Å². The van der Waals surface area contributed by atoms with E-state index in [1.54, 1.807) is 13.8 Å². The Labute approximate surface area is 146 Å². The van der Waals surface area contributed by atoms with Crippen molar-refractivity contribution in [2.75, 3.05) is 13.7 Å². The number of carbonyl (C=O) groups excluding carboxylic acids is 1. The molecule has 2 rings (SSSR count). The quantitative estimate of drug-likeness (QED) is 0.774. The molecule has 1 aliphatic heterocycles. The van der Waals surface area contributed by atoms with Gasteiger partial charge in [-0.15, -0.1) is 0 Å². The zero-order chi connectivity index (χ0) is 18.8. The molecule has 1 heterocycles. The predicted octanol–water partition coefficient (Wildman–Crippen LogP) is 1.07. The Kier molecular flexibility index (Phi) is 5.69. The van der Waals surface area contributed by atoms with Gasteiger partial charge in [-0.3, -0.25) is 4.79 Å². The Morgan fingerprint density at radius 2 is 2.04 bits per heavy atom. The van der Waals surface area contributed by atoms with E-state index >= 15 is 0 Å². The molecule has 0 spiro atoms. The van der Waals surface area contributed by atoms with Crippen LogP contribution >= 0.6 is 0 Å². The van der Waals surface area contributed by atoms with Gasteiger partial charge in [-0.25, -0.2) is 17.9 Å². The van der Waals surface area contributed by atoms with Crippen molar-refractivity contribution in [3.63, 3.8) is 0 Å². The predicted molar refractivity (Wildman–Crippen MR) is 90.1 cm³/mol. The molecule has 1 aromatic rings. The first-order valence-electron chi connectivity index (χ1n) is 7.91. The van der Waals surface area contributed by atoms with E-state index in [1.165, 1.54) is 30.2 Å². The van der Waals surface area contributed by atoms with E-state index in [0.29, 0.717) is 19.4 Å². The van der Waals surface area contributed by atoms with E-state index in [4.69, 9.17) is 4.74 Å². The number of hydrogen-bond acceptors (Lipinski definition) is 5. The third-order valence-electron chi connectivity index (χ3n) is 3.89. The number of likely N-dealkylation sites (tertiary alicyclic amines) is 1. The number of aliphatic carboxylic acids is 1. The second-order valence-electron chi connectivity index (χ2n) is 6.14. The Morgan fingerprint density at radius 1 is 1.36 bits per heavy atom. The molecule has 1 aliphatic rings. The molecule has 9 heteroatoms. The topological polar surface area (TPSA) is 113 Å². The summed E-state index contributed by atoms with van der Waals surface area (Å²) >= 11 is 0. The van der Waals surface area contributed by atoms with Gasteiger partial charge in [0.25, 0.3) is 5.91 Å². The number of carboxylic acid groups (broad SMARTS) is 1. The van der Waals surface area contributed by atoms with Gasteiger partial charge in [-0.2, -0.15) is 0 Å². The van der Waals surface area contributed by atoms with E-state index in [1.807, 2.05) is 0 Å². The SMILES string of the molecule is COc1ccc(C(=O)N2CCC[C@@H]2C(=O)O)cc1S(=O)(=O)NC(C)C. The molecule has 1 fully saturated rings. The normalized spacial score (nSPS) is 17.8. The molecule has 1 aromatic carbocycles. The number of nitrogens with zero attached hydrogens (tertiary/aromatic N) is 1. The van der Waals surface area contributed by atoms with Crippen molar-refractivity contribution in [3.05, 3.63) is 23.8 Å². The summed E-state index contributed by atoms with van der Waals surface area (Å²) in [5.74, 6) is -1.46. The second-order valence-corrected chi connectivity index (χ2v) is 7.82. The monoisotopic (exact) mass is 370 g/mol. The molecule has 0 bridgehead atoms. The van der Waals surface area contributed by atoms with Crippen molar-refractivity contribution in [3.8, 4) is 5.75 Å². The summed E-state index contributed by atoms with van der Waals surface area (Å²) < 4.78 is 32.5. The van der Waals surface area contributed by atoms with E-state index in [9.17, 15) is 23.1 Å². The minimum atomic E-state index is -3.87. The van der Waals surface area contributed by atoms with Crippen LogP contribution < -0.4 is 9.46 Å². The van der Waals surface area contributed by atoms with Crippen LogP contribution in [0.15, 0.2) is 23.1 Å². The van der Waals surface area contributed by atoms with Gasteiger partial charge in [-0.05, 0) is 44.9 Å². The van der Waals surface area contributed by atoms with Crippen LogP contribution in [0.2, 0.25) is 0 Å². The Balaban J connectivity index is 2.42. The van der Waals surface area contributed by atoms with Crippen molar-refractivity contribution in [2.45, 2.75) is 43.7 Å². The summed E-state index contributed by atoms with van der Waals surface area (Å²) in [4.78, 5) is 25.1. The molecule has 2 N–H and O–H groups in total. The van der Waals surface area contributed by atoms with Crippen molar-refractivity contribution in [1.82, 2.24) is 9.62 Å². The molecule has 1 atom stereocenters. The highest BCUT2D eigenvalue weighted by Gasteiger charge is 2.35. The lowest BCUT2D eigenvalue weighted by Gasteiger charge is -2.22. The third kappa shape index (κ3) is 4.10. The van der Waals surface area contributed by atoms with Gasteiger partial charge in [0.05, 0.1) is 7.11 Å². The first-order valence-corrected chi connectivity index (χ1v) is 9.40. The third-order valence-corrected chi connectivity index (χ3v) is 5.57. The van der Waals surface area contributed by atoms with E-state index in [-0.39, 0.29) is 22.3 Å². The van der Waals surface area contributed by atoms with Gasteiger partial charge < -0.3 is 14.7 Å². The molecular formula is C16H22N2O6S. The molecule has 0 unspecified atom stereocenters. The van der Waals surface area contributed by atoms with Crippen molar-refractivity contribution in [1.29, 1.82) is 0 Å². The highest BCUT2D eigenvalue weighted by Crippen LogP contribution is 2.27. The number of amides is 1. The van der Waals surface area contributed by atoms with Gasteiger partial charge in [0.1, 0.15) is 16.7 Å². The van der Waals surface area contributed by atoms with Crippen LogP contribution in [0, 0.1) is 0 Å². The summed E-state index contributed by atoms with van der Waals surface area (Å²) in [6, 6.07) is 2.84. The fourth-order valence-corrected chi connectivity index (χ4v) is 4.27. The van der Waals surface area contributed by atoms with Gasteiger partial charge in [0, 0.05) is 18.2 Å². The number of nitrogens with one attached hydrogen (secondary N) is 1. The minimum Gasteiger partial charge on any atom is -0.495 e. The maximum atomic E-state index is 12.7. The number of hydrogen-bond donors (Lipinski definition) is 2. The fourth-order valence-electron chi connectivity index (χ4n) is 2.83. The lowest BCUT2D eigenvalue weighted by molar-refractivity contribution is -0.141. The summed E-state index contributed by atoms with van der Waals surface area (Å²) in [5, 5.41) is 9.22. The lowest BCUT2D eigenvalue weighted by Crippen LogP contribution is -2.40. The summed E-state index contributed by atoms with van der Waals surface area (Å²) in [5.41, 5.74) is 0.109. The van der Waals surface area contributed by atoms with Crippen LogP contribution in [0.1, 0.15) is 37.0 Å². The maximum Gasteiger partial charge on any atom is 0.326 e. The lowest BCUT2D eigenvalue weighted by atomic mass is 10.1. The molecule has 1 amide bonds. The molecule has 0 saturated carbocycles. The largest absolute Gasteiger partial charge is 0.495 e. The van der Waals surface area contributed by atoms with Crippen LogP contribution in [0.5, 0.6) is 5.75 Å². The zero-order valence-corrected chi connectivity index (χ0v) is 15.2. The van der Waals surface area contributed by atoms with Crippen LogP contribution in [-0.4, -0.2) is 56.0 Å². The fraction of sp³-hybridized carbons (Fsp3) is 0.500. The molecule has 0 aliphatic carbocycles. The number of methoxy groups -OCH3 is 1. The molecule has 1 saturated heterocycles. The van der Waals surface area contributed by atoms with Crippen molar-refractivity contribution in [2.24, 2.45) is 0 Å². The van der Waals surface area contributed by atoms with Gasteiger partial charge in [0.15, 0.2) is 0 Å². The number of carbonyl (C=O) groups is 2. The molecular weight excluding hydrogens is 348 g/mol. The Hall–Kier alpha value is -2.13. The minimum absolute atomic E-state index is 0.109. The molecule has 0 aromatic heterocycles. The number of ether oxygens (including phenoxy) is 1. The first-order chi connectivity index (χ1) is 11.7. The molecule has 0 radical (unpaired) electrons.